The van der Waals surface area contributed by atoms with Gasteiger partial charge in [0.05, 0.1) is 25.3 Å². The number of carboxylic acid groups (broad SMARTS) is 1. The Morgan fingerprint density at radius 3 is 1.73 bits per heavy atom. The summed E-state index contributed by atoms with van der Waals surface area (Å²) in [5, 5.41) is 41.7. The molecule has 0 bridgehead atoms. The van der Waals surface area contributed by atoms with Crippen LogP contribution in [0.3, 0.4) is 0 Å². The van der Waals surface area contributed by atoms with Gasteiger partial charge in [0.1, 0.15) is 18.1 Å². The van der Waals surface area contributed by atoms with Gasteiger partial charge in [0.2, 0.25) is 23.6 Å². The molecule has 0 heterocycles. The first kappa shape index (κ1) is 35.5. The van der Waals surface area contributed by atoms with Gasteiger partial charge in [-0.25, -0.2) is 4.79 Å². The number of aliphatic carboxylic acids is 1. The SMILES string of the molecule is C[C@H](O)[C@@H](NC(=O)CNC(=O)[C@@H](Cc1ccc2ccccc2c1)NC(=O)[C@H](N)Cc1ccc2ccccc2c1)C(=O)N[C@H](CO)C(=O)O. The standard InChI is InChI=1S/C35H39N5O8/c1-20(42)31(34(46)39-29(19-41)35(47)48)40-30(43)18-37-33(45)28(17-22-11-13-24-7-3-5-9-26(24)15-22)38-32(44)27(36)16-21-10-12-23-6-2-4-8-25(23)14-21/h2-15,20,27-29,31,41-42H,16-19,36H2,1H3,(H,37,45)(H,38,44)(H,39,46)(H,40,43)(H,47,48)/t20-,27+,28+,29+,31+/m0/s1. The highest BCUT2D eigenvalue weighted by Crippen LogP contribution is 2.18. The van der Waals surface area contributed by atoms with Crippen LogP contribution < -0.4 is 27.0 Å². The third-order valence-corrected chi connectivity index (χ3v) is 7.79. The van der Waals surface area contributed by atoms with Gasteiger partial charge in [0, 0.05) is 6.42 Å². The van der Waals surface area contributed by atoms with Crippen LogP contribution >= 0.6 is 0 Å². The first-order valence-electron chi connectivity index (χ1n) is 15.4. The first-order chi connectivity index (χ1) is 22.9. The first-order valence-corrected chi connectivity index (χ1v) is 15.4. The molecule has 0 unspecified atom stereocenters. The summed E-state index contributed by atoms with van der Waals surface area (Å²) >= 11 is 0. The molecule has 0 spiro atoms. The maximum atomic E-state index is 13.4. The maximum Gasteiger partial charge on any atom is 0.328 e. The van der Waals surface area contributed by atoms with E-state index in [0.717, 1.165) is 32.7 Å². The van der Waals surface area contributed by atoms with Crippen molar-refractivity contribution in [2.45, 2.75) is 50.0 Å². The second-order valence-corrected chi connectivity index (χ2v) is 11.5. The van der Waals surface area contributed by atoms with Crippen molar-refractivity contribution >= 4 is 51.1 Å². The van der Waals surface area contributed by atoms with Gasteiger partial charge in [0.15, 0.2) is 0 Å². The van der Waals surface area contributed by atoms with Gasteiger partial charge in [-0.1, -0.05) is 84.9 Å². The molecule has 0 fully saturated rings. The number of rotatable bonds is 15. The molecule has 9 N–H and O–H groups in total. The number of carbonyl (C=O) groups excluding carboxylic acids is 4. The van der Waals surface area contributed by atoms with Crippen molar-refractivity contribution < 1.29 is 39.3 Å². The fraction of sp³-hybridized carbons (Fsp3) is 0.286. The van der Waals surface area contributed by atoms with Gasteiger partial charge in [0.25, 0.3) is 0 Å². The van der Waals surface area contributed by atoms with E-state index < -0.39 is 73.0 Å². The molecule has 0 radical (unpaired) electrons. The van der Waals surface area contributed by atoms with Crippen molar-refractivity contribution in [1.82, 2.24) is 21.3 Å². The summed E-state index contributed by atoms with van der Waals surface area (Å²) in [6.07, 6.45) is -1.16. The number of nitrogens with two attached hydrogens (primary N) is 1. The molecular formula is C35H39N5O8. The minimum Gasteiger partial charge on any atom is -0.480 e. The average molecular weight is 658 g/mol. The smallest absolute Gasteiger partial charge is 0.328 e. The van der Waals surface area contributed by atoms with E-state index in [9.17, 15) is 34.2 Å². The lowest BCUT2D eigenvalue weighted by molar-refractivity contribution is -0.144. The molecule has 13 heteroatoms. The third-order valence-electron chi connectivity index (χ3n) is 7.79. The van der Waals surface area contributed by atoms with Crippen LogP contribution in [0.4, 0.5) is 0 Å². The summed E-state index contributed by atoms with van der Waals surface area (Å²) in [5.41, 5.74) is 7.87. The van der Waals surface area contributed by atoms with Gasteiger partial charge < -0.3 is 42.3 Å². The minimum atomic E-state index is -1.65. The number of benzene rings is 4. The zero-order valence-electron chi connectivity index (χ0n) is 26.3. The van der Waals surface area contributed by atoms with Crippen molar-refractivity contribution in [2.24, 2.45) is 5.73 Å². The number of carboxylic acids is 1. The maximum absolute atomic E-state index is 13.4. The highest BCUT2D eigenvalue weighted by Gasteiger charge is 2.30. The number of fused-ring (bicyclic) bond motifs is 2. The van der Waals surface area contributed by atoms with E-state index in [1.165, 1.54) is 6.92 Å². The van der Waals surface area contributed by atoms with E-state index in [2.05, 4.69) is 16.0 Å². The summed E-state index contributed by atoms with van der Waals surface area (Å²) < 4.78 is 0. The molecule has 0 aliphatic heterocycles. The Hall–Kier alpha value is -5.37. The zero-order valence-corrected chi connectivity index (χ0v) is 26.3. The summed E-state index contributed by atoms with van der Waals surface area (Å²) in [6, 6.07) is 21.5. The van der Waals surface area contributed by atoms with Crippen molar-refractivity contribution in [3.8, 4) is 0 Å². The van der Waals surface area contributed by atoms with Gasteiger partial charge >= 0.3 is 5.97 Å². The van der Waals surface area contributed by atoms with Crippen LogP contribution in [0.5, 0.6) is 0 Å². The molecule has 0 saturated carbocycles. The van der Waals surface area contributed by atoms with E-state index in [-0.39, 0.29) is 12.8 Å². The predicted molar refractivity (Wildman–Crippen MR) is 178 cm³/mol. The molecule has 4 aromatic carbocycles. The van der Waals surface area contributed by atoms with E-state index >= 15 is 0 Å². The summed E-state index contributed by atoms with van der Waals surface area (Å²) in [6.45, 7) is -0.340. The third kappa shape index (κ3) is 9.58. The Labute approximate surface area is 276 Å². The fourth-order valence-electron chi connectivity index (χ4n) is 5.17. The number of carbonyl (C=O) groups is 5. The predicted octanol–water partition coefficient (Wildman–Crippen LogP) is 0.134. The van der Waals surface area contributed by atoms with Crippen LogP contribution in [0.1, 0.15) is 18.1 Å². The molecule has 4 aromatic rings. The van der Waals surface area contributed by atoms with Crippen molar-refractivity contribution in [3.63, 3.8) is 0 Å². The Balaban J connectivity index is 1.44. The summed E-state index contributed by atoms with van der Waals surface area (Å²) in [7, 11) is 0. The quantitative estimate of drug-likeness (QED) is 0.0870. The second kappa shape index (κ2) is 16.5. The number of amides is 4. The van der Waals surface area contributed by atoms with Gasteiger partial charge in [-0.3, -0.25) is 19.2 Å². The van der Waals surface area contributed by atoms with Crippen molar-refractivity contribution in [2.75, 3.05) is 13.2 Å². The Bertz CT molecular complexity index is 1800. The summed E-state index contributed by atoms with van der Waals surface area (Å²) in [5.74, 6) is -4.70. The molecule has 48 heavy (non-hydrogen) atoms. The average Bonchev–Trinajstić information content (AvgIpc) is 3.07. The van der Waals surface area contributed by atoms with Gasteiger partial charge in [-0.2, -0.15) is 0 Å². The molecule has 252 valence electrons. The lowest BCUT2D eigenvalue weighted by Gasteiger charge is -2.23. The van der Waals surface area contributed by atoms with Crippen LogP contribution in [0.25, 0.3) is 21.5 Å². The zero-order chi connectivity index (χ0) is 34.8. The van der Waals surface area contributed by atoms with Crippen LogP contribution in [-0.2, 0) is 36.8 Å². The molecule has 4 rings (SSSR count). The minimum absolute atomic E-state index is 0.0726. The van der Waals surface area contributed by atoms with Gasteiger partial charge in [-0.05, 0) is 46.0 Å². The molecular weight excluding hydrogens is 618 g/mol. The molecule has 4 amide bonds. The molecule has 0 aliphatic carbocycles. The van der Waals surface area contributed by atoms with E-state index in [1.807, 2.05) is 90.2 Å². The van der Waals surface area contributed by atoms with E-state index in [4.69, 9.17) is 10.8 Å². The molecule has 13 nitrogen and oxygen atoms in total. The Morgan fingerprint density at radius 1 is 0.688 bits per heavy atom. The van der Waals surface area contributed by atoms with Crippen molar-refractivity contribution in [3.05, 3.63) is 96.1 Å². The van der Waals surface area contributed by atoms with E-state index in [0.29, 0.717) is 0 Å². The normalized spacial score (nSPS) is 14.2. The van der Waals surface area contributed by atoms with E-state index in [1.54, 1.807) is 0 Å². The second-order valence-electron chi connectivity index (χ2n) is 11.5. The number of nitrogens with one attached hydrogen (secondary N) is 4. The Morgan fingerprint density at radius 2 is 1.21 bits per heavy atom. The number of aliphatic hydroxyl groups excluding tert-OH is 2. The fourth-order valence-corrected chi connectivity index (χ4v) is 5.17. The van der Waals surface area contributed by atoms with Crippen LogP contribution in [0.2, 0.25) is 0 Å². The summed E-state index contributed by atoms with van der Waals surface area (Å²) in [4.78, 5) is 63.1. The van der Waals surface area contributed by atoms with Gasteiger partial charge in [-0.15, -0.1) is 0 Å². The molecule has 0 saturated heterocycles. The highest BCUT2D eigenvalue weighted by atomic mass is 16.4. The lowest BCUT2D eigenvalue weighted by atomic mass is 9.99. The van der Waals surface area contributed by atoms with Crippen LogP contribution in [0.15, 0.2) is 84.9 Å². The number of hydrogen-bond acceptors (Lipinski definition) is 8. The van der Waals surface area contributed by atoms with Crippen LogP contribution in [-0.4, -0.2) is 88.3 Å². The topological polar surface area (TPSA) is 220 Å². The lowest BCUT2D eigenvalue weighted by Crippen LogP contribution is -2.58. The number of aliphatic hydroxyl groups is 2. The molecule has 5 atom stereocenters. The monoisotopic (exact) mass is 657 g/mol. The molecule has 0 aliphatic rings. The number of hydrogen-bond donors (Lipinski definition) is 8. The molecule has 0 aromatic heterocycles. The Kier molecular flexibility index (Phi) is 12.2. The largest absolute Gasteiger partial charge is 0.480 e. The highest BCUT2D eigenvalue weighted by molar-refractivity contribution is 5.94. The van der Waals surface area contributed by atoms with Crippen molar-refractivity contribution in [1.29, 1.82) is 0 Å². The van der Waals surface area contributed by atoms with Crippen LogP contribution in [0, 0.1) is 0 Å².